The fourth-order valence-electron chi connectivity index (χ4n) is 4.43. The van der Waals surface area contributed by atoms with Crippen molar-refractivity contribution in [2.45, 2.75) is 6.54 Å². The van der Waals surface area contributed by atoms with E-state index in [1.165, 1.54) is 0 Å². The Balaban J connectivity index is 1.19. The molecule has 0 atom stereocenters. The lowest BCUT2D eigenvalue weighted by Crippen LogP contribution is -2.38. The summed E-state index contributed by atoms with van der Waals surface area (Å²) >= 11 is 1.65. The first kappa shape index (κ1) is 23.7. The van der Waals surface area contributed by atoms with E-state index in [2.05, 4.69) is 22.3 Å². The van der Waals surface area contributed by atoms with Gasteiger partial charge >= 0.3 is 0 Å². The van der Waals surface area contributed by atoms with Crippen LogP contribution in [0.2, 0.25) is 0 Å². The van der Waals surface area contributed by atoms with Gasteiger partial charge in [-0.3, -0.25) is 9.69 Å². The first-order chi connectivity index (χ1) is 17.0. The van der Waals surface area contributed by atoms with Crippen molar-refractivity contribution in [3.05, 3.63) is 101 Å². The monoisotopic (exact) mass is 502 g/mol. The van der Waals surface area contributed by atoms with Crippen LogP contribution in [0.25, 0.3) is 10.4 Å². The van der Waals surface area contributed by atoms with E-state index in [-0.39, 0.29) is 5.91 Å². The molecule has 0 saturated carbocycles. The first-order valence-corrected chi connectivity index (χ1v) is 14.7. The molecule has 1 amide bonds. The third-order valence-electron chi connectivity index (χ3n) is 6.54. The number of nitrogens with zero attached hydrogens (tertiary/aromatic N) is 1. The number of nitrogens with two attached hydrogens (primary N) is 1. The Labute approximate surface area is 210 Å². The lowest BCUT2D eigenvalue weighted by atomic mass is 10.1. The standard InChI is InChI=1S/C28H28N3O2PS/c29-25-13-12-23(27-7-4-18-35-27)19-26(25)30-28(32)22-10-8-21(9-11-22)20-31-14-16-34(33,17-15-31)24-5-2-1-3-6-24/h1-13,18-19,33H,14-17,20,29H2/p+1. The maximum absolute atomic E-state index is 12.9. The third-order valence-corrected chi connectivity index (χ3v) is 10.6. The van der Waals surface area contributed by atoms with Gasteiger partial charge in [-0.25, -0.2) is 4.89 Å². The minimum absolute atomic E-state index is 0.178. The quantitative estimate of drug-likeness (QED) is 0.247. The van der Waals surface area contributed by atoms with Crippen LogP contribution in [-0.4, -0.2) is 41.1 Å². The fraction of sp³-hybridized carbons (Fsp3) is 0.179. The largest absolute Gasteiger partial charge is 0.397 e. The Kier molecular flexibility index (Phi) is 6.98. The molecule has 4 aromatic rings. The molecule has 2 heterocycles. The van der Waals surface area contributed by atoms with Gasteiger partial charge in [0.1, 0.15) is 17.6 Å². The van der Waals surface area contributed by atoms with E-state index >= 15 is 0 Å². The van der Waals surface area contributed by atoms with Crippen LogP contribution >= 0.6 is 18.8 Å². The normalized spacial score (nSPS) is 15.6. The average Bonchev–Trinajstić information content (AvgIpc) is 3.43. The molecule has 1 aromatic heterocycles. The second-order valence-corrected chi connectivity index (χ2v) is 13.1. The van der Waals surface area contributed by atoms with Crippen molar-refractivity contribution in [1.29, 1.82) is 0 Å². The summed E-state index contributed by atoms with van der Waals surface area (Å²) in [6, 6.07) is 27.6. The minimum Gasteiger partial charge on any atom is -0.397 e. The molecule has 1 saturated heterocycles. The molecule has 5 rings (SSSR count). The van der Waals surface area contributed by atoms with Crippen LogP contribution in [-0.2, 0) is 6.54 Å². The summed E-state index contributed by atoms with van der Waals surface area (Å²) in [6.07, 6.45) is 1.65. The van der Waals surface area contributed by atoms with Crippen molar-refractivity contribution in [2.24, 2.45) is 0 Å². The van der Waals surface area contributed by atoms with Gasteiger partial charge in [0.05, 0.1) is 11.4 Å². The van der Waals surface area contributed by atoms with Crippen LogP contribution in [0.1, 0.15) is 15.9 Å². The van der Waals surface area contributed by atoms with E-state index in [9.17, 15) is 9.69 Å². The van der Waals surface area contributed by atoms with E-state index in [0.29, 0.717) is 16.9 Å². The van der Waals surface area contributed by atoms with Gasteiger partial charge in [0, 0.05) is 30.1 Å². The zero-order chi connectivity index (χ0) is 24.3. The predicted octanol–water partition coefficient (Wildman–Crippen LogP) is 5.32. The molecular weight excluding hydrogens is 473 g/mol. The second-order valence-electron chi connectivity index (χ2n) is 8.91. The zero-order valence-electron chi connectivity index (χ0n) is 19.4. The maximum Gasteiger partial charge on any atom is 0.255 e. The molecular formula is C28H29N3O2PS+. The number of carbonyl (C=O) groups excluding carboxylic acids is 1. The summed E-state index contributed by atoms with van der Waals surface area (Å²) in [4.78, 5) is 27.5. The highest BCUT2D eigenvalue weighted by molar-refractivity contribution is 7.77. The van der Waals surface area contributed by atoms with E-state index in [1.54, 1.807) is 11.3 Å². The number of thiophene rings is 1. The number of nitrogen functional groups attached to an aromatic ring is 1. The van der Waals surface area contributed by atoms with Gasteiger partial charge in [-0.2, -0.15) is 0 Å². The number of nitrogens with one attached hydrogen (secondary N) is 1. The molecule has 0 spiro atoms. The lowest BCUT2D eigenvalue weighted by molar-refractivity contribution is 0.102. The SMILES string of the molecule is Nc1ccc(-c2cccs2)cc1NC(=O)c1ccc(CN2CC[P+](O)(c3ccccc3)CC2)cc1. The lowest BCUT2D eigenvalue weighted by Gasteiger charge is -2.32. The molecule has 0 unspecified atom stereocenters. The van der Waals surface area contributed by atoms with Crippen LogP contribution in [0, 0.1) is 0 Å². The summed E-state index contributed by atoms with van der Waals surface area (Å²) in [5.41, 5.74) is 10.1. The molecule has 1 aliphatic heterocycles. The molecule has 0 aliphatic carbocycles. The molecule has 5 nitrogen and oxygen atoms in total. The Morgan fingerprint density at radius 1 is 0.971 bits per heavy atom. The van der Waals surface area contributed by atoms with Gasteiger partial charge in [0.25, 0.3) is 5.91 Å². The number of benzene rings is 3. The average molecular weight is 503 g/mol. The van der Waals surface area contributed by atoms with Crippen molar-refractivity contribution >= 4 is 41.4 Å². The number of hydrogen-bond acceptors (Lipinski definition) is 5. The van der Waals surface area contributed by atoms with Gasteiger partial charge in [-0.1, -0.05) is 42.5 Å². The summed E-state index contributed by atoms with van der Waals surface area (Å²) in [5, 5.41) is 6.10. The number of anilines is 2. The zero-order valence-corrected chi connectivity index (χ0v) is 21.1. The molecule has 1 fully saturated rings. The third kappa shape index (κ3) is 5.47. The van der Waals surface area contributed by atoms with Crippen LogP contribution < -0.4 is 16.4 Å². The first-order valence-electron chi connectivity index (χ1n) is 11.7. The Morgan fingerprint density at radius 2 is 1.71 bits per heavy atom. The van der Waals surface area contributed by atoms with Crippen LogP contribution in [0.5, 0.6) is 0 Å². The highest BCUT2D eigenvalue weighted by atomic mass is 32.1. The van der Waals surface area contributed by atoms with Crippen molar-refractivity contribution in [2.75, 3.05) is 36.5 Å². The summed E-state index contributed by atoms with van der Waals surface area (Å²) in [6.45, 7) is 2.56. The van der Waals surface area contributed by atoms with E-state index < -0.39 is 7.49 Å². The summed E-state index contributed by atoms with van der Waals surface area (Å²) in [5.74, 6) is -0.178. The smallest absolute Gasteiger partial charge is 0.255 e. The van der Waals surface area contributed by atoms with Gasteiger partial charge in [-0.05, 0) is 59.0 Å². The second kappa shape index (κ2) is 10.3. The van der Waals surface area contributed by atoms with Crippen molar-refractivity contribution < 1.29 is 9.69 Å². The van der Waals surface area contributed by atoms with Gasteiger partial charge in [-0.15, -0.1) is 11.3 Å². The molecule has 0 bridgehead atoms. The molecule has 4 N–H and O–H groups in total. The van der Waals surface area contributed by atoms with Crippen molar-refractivity contribution in [3.63, 3.8) is 0 Å². The van der Waals surface area contributed by atoms with Crippen LogP contribution in [0.3, 0.4) is 0 Å². The molecule has 35 heavy (non-hydrogen) atoms. The summed E-state index contributed by atoms with van der Waals surface area (Å²) < 4.78 is 0. The predicted molar refractivity (Wildman–Crippen MR) is 149 cm³/mol. The van der Waals surface area contributed by atoms with Gasteiger partial charge < -0.3 is 11.1 Å². The Morgan fingerprint density at radius 3 is 2.40 bits per heavy atom. The summed E-state index contributed by atoms with van der Waals surface area (Å²) in [7, 11) is -2.04. The molecule has 3 aromatic carbocycles. The Hall–Kier alpha value is -3.02. The topological polar surface area (TPSA) is 78.6 Å². The van der Waals surface area contributed by atoms with Crippen LogP contribution in [0.15, 0.2) is 90.3 Å². The number of hydrogen-bond donors (Lipinski definition) is 3. The van der Waals surface area contributed by atoms with Crippen molar-refractivity contribution in [1.82, 2.24) is 4.90 Å². The number of amides is 1. The van der Waals surface area contributed by atoms with Crippen LogP contribution in [0.4, 0.5) is 11.4 Å². The van der Waals surface area contributed by atoms with E-state index in [1.807, 2.05) is 78.2 Å². The number of rotatable bonds is 6. The maximum atomic E-state index is 12.9. The van der Waals surface area contributed by atoms with E-state index in [0.717, 1.165) is 53.3 Å². The highest BCUT2D eigenvalue weighted by Crippen LogP contribution is 2.54. The molecule has 1 aliphatic rings. The highest BCUT2D eigenvalue weighted by Gasteiger charge is 2.41. The molecule has 178 valence electrons. The van der Waals surface area contributed by atoms with E-state index in [4.69, 9.17) is 5.73 Å². The van der Waals surface area contributed by atoms with Gasteiger partial charge in [0.15, 0.2) is 7.49 Å². The fourth-order valence-corrected chi connectivity index (χ4v) is 7.85. The molecule has 7 heteroatoms. The van der Waals surface area contributed by atoms with Crippen molar-refractivity contribution in [3.8, 4) is 10.4 Å². The molecule has 0 radical (unpaired) electrons. The number of carbonyl (C=O) groups is 1. The Bertz CT molecular complexity index is 1290. The van der Waals surface area contributed by atoms with Gasteiger partial charge in [0.2, 0.25) is 0 Å². The minimum atomic E-state index is -2.04.